The normalized spacial score (nSPS) is 22.3. The molecule has 4 nitrogen and oxygen atoms in total. The molecular formula is C14H28ClN3O. The number of carbonyl (C=O) groups is 1. The molecule has 0 unspecified atom stereocenters. The van der Waals surface area contributed by atoms with Gasteiger partial charge in [0.05, 0.1) is 0 Å². The molecule has 1 aliphatic carbocycles. The first-order chi connectivity index (χ1) is 8.86. The fraction of sp³-hybridized carbons (Fsp3) is 0.929. The quantitative estimate of drug-likeness (QED) is 0.769. The van der Waals surface area contributed by atoms with Gasteiger partial charge in [-0.1, -0.05) is 25.7 Å². The van der Waals surface area contributed by atoms with Crippen molar-refractivity contribution in [2.24, 2.45) is 5.92 Å². The molecular weight excluding hydrogens is 262 g/mol. The van der Waals surface area contributed by atoms with E-state index in [4.69, 9.17) is 0 Å². The van der Waals surface area contributed by atoms with Crippen molar-refractivity contribution in [3.63, 3.8) is 0 Å². The van der Waals surface area contributed by atoms with Crippen LogP contribution in [0.5, 0.6) is 0 Å². The fourth-order valence-electron chi connectivity index (χ4n) is 2.96. The van der Waals surface area contributed by atoms with E-state index in [2.05, 4.69) is 15.5 Å². The molecule has 1 saturated carbocycles. The zero-order valence-corrected chi connectivity index (χ0v) is 12.6. The van der Waals surface area contributed by atoms with Crippen LogP contribution < -0.4 is 10.6 Å². The summed E-state index contributed by atoms with van der Waals surface area (Å²) in [6.07, 6.45) is 7.28. The molecule has 1 saturated heterocycles. The first-order valence-electron chi connectivity index (χ1n) is 7.57. The van der Waals surface area contributed by atoms with Gasteiger partial charge >= 0.3 is 0 Å². The Morgan fingerprint density at radius 3 is 2.37 bits per heavy atom. The molecule has 1 aliphatic heterocycles. The topological polar surface area (TPSA) is 44.4 Å². The number of halogens is 1. The molecule has 0 bridgehead atoms. The maximum absolute atomic E-state index is 12.1. The van der Waals surface area contributed by atoms with E-state index in [0.717, 1.165) is 52.1 Å². The Labute approximate surface area is 123 Å². The van der Waals surface area contributed by atoms with Crippen molar-refractivity contribution in [3.8, 4) is 0 Å². The van der Waals surface area contributed by atoms with E-state index in [1.807, 2.05) is 0 Å². The van der Waals surface area contributed by atoms with Gasteiger partial charge in [-0.3, -0.25) is 9.69 Å². The van der Waals surface area contributed by atoms with Crippen molar-refractivity contribution in [2.45, 2.75) is 38.5 Å². The predicted octanol–water partition coefficient (Wildman–Crippen LogP) is 1.40. The summed E-state index contributed by atoms with van der Waals surface area (Å²) in [5.74, 6) is 0.586. The molecule has 2 fully saturated rings. The number of nitrogens with zero attached hydrogens (tertiary/aromatic N) is 1. The molecule has 0 aromatic rings. The van der Waals surface area contributed by atoms with Gasteiger partial charge < -0.3 is 10.6 Å². The molecule has 2 rings (SSSR count). The van der Waals surface area contributed by atoms with E-state index in [0.29, 0.717) is 5.91 Å². The van der Waals surface area contributed by atoms with Crippen molar-refractivity contribution >= 4 is 18.3 Å². The lowest BCUT2D eigenvalue weighted by molar-refractivity contribution is -0.125. The summed E-state index contributed by atoms with van der Waals surface area (Å²) in [6.45, 7) is 6.20. The zero-order valence-electron chi connectivity index (χ0n) is 11.8. The van der Waals surface area contributed by atoms with Crippen LogP contribution in [0.2, 0.25) is 0 Å². The summed E-state index contributed by atoms with van der Waals surface area (Å²) in [6, 6.07) is 0. The smallest absolute Gasteiger partial charge is 0.223 e. The van der Waals surface area contributed by atoms with Crippen LogP contribution >= 0.6 is 12.4 Å². The summed E-state index contributed by atoms with van der Waals surface area (Å²) >= 11 is 0. The van der Waals surface area contributed by atoms with Crippen molar-refractivity contribution < 1.29 is 4.79 Å². The number of piperazine rings is 1. The molecule has 0 radical (unpaired) electrons. The van der Waals surface area contributed by atoms with Crippen LogP contribution in [-0.2, 0) is 4.79 Å². The first-order valence-corrected chi connectivity index (χ1v) is 7.57. The summed E-state index contributed by atoms with van der Waals surface area (Å²) in [5, 5.41) is 6.47. The summed E-state index contributed by atoms with van der Waals surface area (Å²) in [7, 11) is 0. The zero-order chi connectivity index (χ0) is 12.6. The van der Waals surface area contributed by atoms with Crippen molar-refractivity contribution in [3.05, 3.63) is 0 Å². The minimum atomic E-state index is 0. The van der Waals surface area contributed by atoms with Gasteiger partial charge in [0.1, 0.15) is 0 Å². The molecule has 0 aromatic carbocycles. The van der Waals surface area contributed by atoms with Crippen molar-refractivity contribution in [1.82, 2.24) is 15.5 Å². The van der Waals surface area contributed by atoms with Gasteiger partial charge in [-0.25, -0.2) is 0 Å². The van der Waals surface area contributed by atoms with Gasteiger partial charge in [-0.15, -0.1) is 12.4 Å². The highest BCUT2D eigenvalue weighted by Crippen LogP contribution is 2.22. The van der Waals surface area contributed by atoms with Gasteiger partial charge in [0.2, 0.25) is 5.91 Å². The Hall–Kier alpha value is -0.320. The SMILES string of the molecule is Cl.O=C(NCCN1CCNCC1)C1CCCCCC1. The van der Waals surface area contributed by atoms with E-state index in [1.165, 1.54) is 25.7 Å². The molecule has 1 amide bonds. The third-order valence-electron chi connectivity index (χ3n) is 4.16. The molecule has 112 valence electrons. The summed E-state index contributed by atoms with van der Waals surface area (Å²) in [4.78, 5) is 14.5. The number of hydrogen-bond donors (Lipinski definition) is 2. The minimum absolute atomic E-state index is 0. The molecule has 0 spiro atoms. The Bertz CT molecular complexity index is 249. The summed E-state index contributed by atoms with van der Waals surface area (Å²) in [5.41, 5.74) is 0. The number of nitrogens with one attached hydrogen (secondary N) is 2. The van der Waals surface area contributed by atoms with E-state index in [-0.39, 0.29) is 18.3 Å². The molecule has 5 heteroatoms. The van der Waals surface area contributed by atoms with Gasteiger partial charge in [0.25, 0.3) is 0 Å². The molecule has 19 heavy (non-hydrogen) atoms. The van der Waals surface area contributed by atoms with E-state index in [1.54, 1.807) is 0 Å². The number of rotatable bonds is 4. The molecule has 2 N–H and O–H groups in total. The van der Waals surface area contributed by atoms with Crippen molar-refractivity contribution in [2.75, 3.05) is 39.3 Å². The second-order valence-electron chi connectivity index (χ2n) is 5.57. The van der Waals surface area contributed by atoms with Gasteiger partial charge in [0, 0.05) is 45.2 Å². The van der Waals surface area contributed by atoms with Crippen LogP contribution in [0.15, 0.2) is 0 Å². The van der Waals surface area contributed by atoms with E-state index in [9.17, 15) is 4.79 Å². The average molecular weight is 290 g/mol. The van der Waals surface area contributed by atoms with Crippen LogP contribution in [0.25, 0.3) is 0 Å². The van der Waals surface area contributed by atoms with Crippen LogP contribution in [-0.4, -0.2) is 50.1 Å². The maximum Gasteiger partial charge on any atom is 0.223 e. The van der Waals surface area contributed by atoms with E-state index >= 15 is 0 Å². The molecule has 0 atom stereocenters. The fourth-order valence-corrected chi connectivity index (χ4v) is 2.96. The molecule has 2 aliphatic rings. The van der Waals surface area contributed by atoms with Crippen LogP contribution in [0.1, 0.15) is 38.5 Å². The number of hydrogen-bond acceptors (Lipinski definition) is 3. The summed E-state index contributed by atoms with van der Waals surface area (Å²) < 4.78 is 0. The third-order valence-corrected chi connectivity index (χ3v) is 4.16. The predicted molar refractivity (Wildman–Crippen MR) is 80.8 cm³/mol. The number of amides is 1. The standard InChI is InChI=1S/C14H27N3O.ClH/c18-14(13-5-3-1-2-4-6-13)16-9-12-17-10-7-15-8-11-17;/h13,15H,1-12H2,(H,16,18);1H. The minimum Gasteiger partial charge on any atom is -0.355 e. The largest absolute Gasteiger partial charge is 0.355 e. The second kappa shape index (κ2) is 9.56. The average Bonchev–Trinajstić information content (AvgIpc) is 2.69. The highest BCUT2D eigenvalue weighted by molar-refractivity contribution is 5.85. The monoisotopic (exact) mass is 289 g/mol. The Balaban J connectivity index is 0.00000180. The number of carbonyl (C=O) groups excluding carboxylic acids is 1. The van der Waals surface area contributed by atoms with Gasteiger partial charge in [-0.05, 0) is 12.8 Å². The Morgan fingerprint density at radius 2 is 1.74 bits per heavy atom. The van der Waals surface area contributed by atoms with Gasteiger partial charge in [-0.2, -0.15) is 0 Å². The van der Waals surface area contributed by atoms with Crippen molar-refractivity contribution in [1.29, 1.82) is 0 Å². The second-order valence-corrected chi connectivity index (χ2v) is 5.57. The molecule has 1 heterocycles. The van der Waals surface area contributed by atoms with E-state index < -0.39 is 0 Å². The highest BCUT2D eigenvalue weighted by Gasteiger charge is 2.19. The lowest BCUT2D eigenvalue weighted by Crippen LogP contribution is -2.46. The Morgan fingerprint density at radius 1 is 1.11 bits per heavy atom. The van der Waals surface area contributed by atoms with Gasteiger partial charge in [0.15, 0.2) is 0 Å². The maximum atomic E-state index is 12.1. The molecule has 0 aromatic heterocycles. The lowest BCUT2D eigenvalue weighted by atomic mass is 9.99. The van der Waals surface area contributed by atoms with Crippen LogP contribution in [0.3, 0.4) is 0 Å². The third kappa shape index (κ3) is 6.11. The Kier molecular flexibility index (Phi) is 8.42. The lowest BCUT2D eigenvalue weighted by Gasteiger charge is -2.27. The van der Waals surface area contributed by atoms with Crippen LogP contribution in [0.4, 0.5) is 0 Å². The van der Waals surface area contributed by atoms with Crippen LogP contribution in [0, 0.1) is 5.92 Å². The highest BCUT2D eigenvalue weighted by atomic mass is 35.5. The first kappa shape index (κ1) is 16.7.